The molecule has 4 nitrogen and oxygen atoms in total. The zero-order valence-electron chi connectivity index (χ0n) is 11.8. The van der Waals surface area contributed by atoms with Gasteiger partial charge in [0.2, 0.25) is 0 Å². The summed E-state index contributed by atoms with van der Waals surface area (Å²) in [5, 5.41) is 7.11. The maximum atomic E-state index is 5.37. The Labute approximate surface area is 114 Å². The summed E-state index contributed by atoms with van der Waals surface area (Å²) in [7, 11) is 1.90. The zero-order valence-corrected chi connectivity index (χ0v) is 11.8. The molecular formula is C15H21N3O. The van der Waals surface area contributed by atoms with Crippen molar-refractivity contribution < 1.29 is 4.52 Å². The third-order valence-electron chi connectivity index (χ3n) is 3.06. The first kappa shape index (κ1) is 13.6. The highest BCUT2D eigenvalue weighted by molar-refractivity contribution is 5.48. The maximum absolute atomic E-state index is 5.37. The number of nitrogens with one attached hydrogen (secondary N) is 1. The summed E-state index contributed by atoms with van der Waals surface area (Å²) in [6.45, 7) is 6.67. The van der Waals surface area contributed by atoms with Crippen molar-refractivity contribution >= 4 is 5.69 Å². The molecule has 2 aromatic rings. The third kappa shape index (κ3) is 3.58. The Morgan fingerprint density at radius 2 is 2.16 bits per heavy atom. The first-order chi connectivity index (χ1) is 9.22. The van der Waals surface area contributed by atoms with Crippen molar-refractivity contribution in [1.29, 1.82) is 0 Å². The normalized spacial score (nSPS) is 10.7. The SMILES string of the molecule is CCN(Cc1cc(CNC)no1)c1cccc(C)c1. The number of aryl methyl sites for hydroxylation is 1. The number of benzene rings is 1. The van der Waals surface area contributed by atoms with Gasteiger partial charge in [-0.05, 0) is 38.6 Å². The molecule has 19 heavy (non-hydrogen) atoms. The van der Waals surface area contributed by atoms with Crippen LogP contribution < -0.4 is 10.2 Å². The Morgan fingerprint density at radius 3 is 2.84 bits per heavy atom. The van der Waals surface area contributed by atoms with E-state index in [1.807, 2.05) is 13.1 Å². The highest BCUT2D eigenvalue weighted by atomic mass is 16.5. The van der Waals surface area contributed by atoms with Gasteiger partial charge in [-0.2, -0.15) is 0 Å². The van der Waals surface area contributed by atoms with Crippen LogP contribution in [0.15, 0.2) is 34.9 Å². The van der Waals surface area contributed by atoms with Crippen LogP contribution in [0.3, 0.4) is 0 Å². The number of hydrogen-bond acceptors (Lipinski definition) is 4. The molecule has 0 saturated carbocycles. The maximum Gasteiger partial charge on any atom is 0.156 e. The molecule has 0 spiro atoms. The van der Waals surface area contributed by atoms with Crippen LogP contribution in [0.5, 0.6) is 0 Å². The Kier molecular flexibility index (Phi) is 4.58. The molecule has 4 heteroatoms. The van der Waals surface area contributed by atoms with Gasteiger partial charge in [-0.1, -0.05) is 17.3 Å². The Balaban J connectivity index is 2.09. The van der Waals surface area contributed by atoms with Crippen LogP contribution in [-0.4, -0.2) is 18.7 Å². The fourth-order valence-electron chi connectivity index (χ4n) is 2.09. The van der Waals surface area contributed by atoms with E-state index in [-0.39, 0.29) is 0 Å². The van der Waals surface area contributed by atoms with Gasteiger partial charge in [0.05, 0.1) is 12.2 Å². The van der Waals surface area contributed by atoms with Gasteiger partial charge in [-0.25, -0.2) is 0 Å². The smallest absolute Gasteiger partial charge is 0.156 e. The second-order valence-corrected chi connectivity index (χ2v) is 4.67. The van der Waals surface area contributed by atoms with Crippen LogP contribution in [0.2, 0.25) is 0 Å². The van der Waals surface area contributed by atoms with Crippen LogP contribution >= 0.6 is 0 Å². The van der Waals surface area contributed by atoms with E-state index in [9.17, 15) is 0 Å². The van der Waals surface area contributed by atoms with E-state index < -0.39 is 0 Å². The summed E-state index contributed by atoms with van der Waals surface area (Å²) in [6, 6.07) is 10.5. The van der Waals surface area contributed by atoms with Gasteiger partial charge in [0.1, 0.15) is 0 Å². The minimum absolute atomic E-state index is 0.736. The molecule has 102 valence electrons. The van der Waals surface area contributed by atoms with E-state index in [0.717, 1.165) is 31.1 Å². The number of hydrogen-bond donors (Lipinski definition) is 1. The Morgan fingerprint density at radius 1 is 1.32 bits per heavy atom. The lowest BCUT2D eigenvalue weighted by Crippen LogP contribution is -2.21. The quantitative estimate of drug-likeness (QED) is 0.866. The van der Waals surface area contributed by atoms with Crippen LogP contribution in [0.4, 0.5) is 5.69 Å². The molecule has 0 aliphatic rings. The van der Waals surface area contributed by atoms with Crippen LogP contribution in [0, 0.1) is 6.92 Å². The lowest BCUT2D eigenvalue weighted by Gasteiger charge is -2.21. The zero-order chi connectivity index (χ0) is 13.7. The van der Waals surface area contributed by atoms with Crippen molar-refractivity contribution in [2.75, 3.05) is 18.5 Å². The minimum Gasteiger partial charge on any atom is -0.364 e. The standard InChI is InChI=1S/C15H21N3O/c1-4-18(14-7-5-6-12(2)8-14)11-15-9-13(10-16-3)17-19-15/h5-9,16H,4,10-11H2,1-3H3. The van der Waals surface area contributed by atoms with E-state index in [0.29, 0.717) is 0 Å². The molecule has 1 aromatic carbocycles. The van der Waals surface area contributed by atoms with Gasteiger partial charge in [-0.3, -0.25) is 0 Å². The summed E-state index contributed by atoms with van der Waals surface area (Å²) in [5.41, 5.74) is 3.43. The lowest BCUT2D eigenvalue weighted by atomic mass is 10.2. The molecule has 0 fully saturated rings. The van der Waals surface area contributed by atoms with Crippen LogP contribution in [0.1, 0.15) is 23.9 Å². The monoisotopic (exact) mass is 259 g/mol. The highest BCUT2D eigenvalue weighted by Crippen LogP contribution is 2.18. The first-order valence-electron chi connectivity index (χ1n) is 6.63. The second kappa shape index (κ2) is 6.38. The second-order valence-electron chi connectivity index (χ2n) is 4.67. The van der Waals surface area contributed by atoms with Gasteiger partial charge in [-0.15, -0.1) is 0 Å². The van der Waals surface area contributed by atoms with Gasteiger partial charge < -0.3 is 14.7 Å². The van der Waals surface area contributed by atoms with Gasteiger partial charge in [0.25, 0.3) is 0 Å². The van der Waals surface area contributed by atoms with Crippen LogP contribution in [0.25, 0.3) is 0 Å². The molecule has 0 radical (unpaired) electrons. The molecule has 0 saturated heterocycles. The number of aromatic nitrogens is 1. The van der Waals surface area contributed by atoms with E-state index in [4.69, 9.17) is 4.52 Å². The van der Waals surface area contributed by atoms with Gasteiger partial charge >= 0.3 is 0 Å². The molecule has 2 rings (SSSR count). The van der Waals surface area contributed by atoms with Crippen molar-refractivity contribution in [1.82, 2.24) is 10.5 Å². The van der Waals surface area contributed by atoms with Crippen molar-refractivity contribution in [3.63, 3.8) is 0 Å². The average Bonchev–Trinajstić information content (AvgIpc) is 2.84. The van der Waals surface area contributed by atoms with Gasteiger partial charge in [0.15, 0.2) is 5.76 Å². The topological polar surface area (TPSA) is 41.3 Å². The van der Waals surface area contributed by atoms with Crippen molar-refractivity contribution in [3.05, 3.63) is 47.3 Å². The Bertz CT molecular complexity index is 522. The van der Waals surface area contributed by atoms with E-state index >= 15 is 0 Å². The molecule has 1 N–H and O–H groups in total. The fraction of sp³-hybridized carbons (Fsp3) is 0.400. The summed E-state index contributed by atoms with van der Waals surface area (Å²) >= 11 is 0. The van der Waals surface area contributed by atoms with E-state index in [1.54, 1.807) is 0 Å². The molecule has 0 aliphatic carbocycles. The molecule has 0 bridgehead atoms. The largest absolute Gasteiger partial charge is 0.364 e. The summed E-state index contributed by atoms with van der Waals surface area (Å²) in [6.07, 6.45) is 0. The highest BCUT2D eigenvalue weighted by Gasteiger charge is 2.10. The van der Waals surface area contributed by atoms with Crippen LogP contribution in [-0.2, 0) is 13.1 Å². The molecule has 0 aliphatic heterocycles. The predicted octanol–water partition coefficient (Wildman–Crippen LogP) is 2.73. The number of nitrogens with zero attached hydrogens (tertiary/aromatic N) is 2. The number of anilines is 1. The molecule has 1 heterocycles. The van der Waals surface area contributed by atoms with E-state index in [1.165, 1.54) is 11.3 Å². The van der Waals surface area contributed by atoms with E-state index in [2.05, 4.69) is 53.5 Å². The molecule has 0 unspecified atom stereocenters. The fourth-order valence-corrected chi connectivity index (χ4v) is 2.09. The predicted molar refractivity (Wildman–Crippen MR) is 77.2 cm³/mol. The Hall–Kier alpha value is -1.81. The average molecular weight is 259 g/mol. The molecular weight excluding hydrogens is 238 g/mol. The summed E-state index contributed by atoms with van der Waals surface area (Å²) in [5.74, 6) is 0.897. The van der Waals surface area contributed by atoms with Crippen molar-refractivity contribution in [2.24, 2.45) is 0 Å². The molecule has 1 aromatic heterocycles. The van der Waals surface area contributed by atoms with Crippen molar-refractivity contribution in [2.45, 2.75) is 26.9 Å². The molecule has 0 atom stereocenters. The van der Waals surface area contributed by atoms with Gasteiger partial charge in [0, 0.05) is 24.8 Å². The van der Waals surface area contributed by atoms with Crippen molar-refractivity contribution in [3.8, 4) is 0 Å². The molecule has 0 amide bonds. The summed E-state index contributed by atoms with van der Waals surface area (Å²) in [4.78, 5) is 2.27. The lowest BCUT2D eigenvalue weighted by molar-refractivity contribution is 0.374. The summed E-state index contributed by atoms with van der Waals surface area (Å²) < 4.78 is 5.37. The third-order valence-corrected chi connectivity index (χ3v) is 3.06. The minimum atomic E-state index is 0.736. The number of rotatable bonds is 6. The first-order valence-corrected chi connectivity index (χ1v) is 6.63.